The van der Waals surface area contributed by atoms with E-state index in [4.69, 9.17) is 5.73 Å². The molecule has 2 heteroatoms. The van der Waals surface area contributed by atoms with Gasteiger partial charge in [-0.25, -0.2) is 0 Å². The van der Waals surface area contributed by atoms with Gasteiger partial charge in [-0.1, -0.05) is 18.2 Å². The number of benzene rings is 1. The van der Waals surface area contributed by atoms with Gasteiger partial charge in [0, 0.05) is 18.3 Å². The van der Waals surface area contributed by atoms with Gasteiger partial charge in [-0.3, -0.25) is 0 Å². The third-order valence-electron chi connectivity index (χ3n) is 2.46. The summed E-state index contributed by atoms with van der Waals surface area (Å²) < 4.78 is 0. The van der Waals surface area contributed by atoms with Gasteiger partial charge >= 0.3 is 0 Å². The molecular weight excluding hydrogens is 148 g/mol. The van der Waals surface area contributed by atoms with Gasteiger partial charge in [0.1, 0.15) is 0 Å². The topological polar surface area (TPSA) is 38.0 Å². The van der Waals surface area contributed by atoms with E-state index in [9.17, 15) is 0 Å². The zero-order valence-corrected chi connectivity index (χ0v) is 7.30. The number of nitrogens with two attached hydrogens (primary N) is 1. The predicted octanol–water partition coefficient (Wildman–Crippen LogP) is 1.81. The maximum atomic E-state index is 5.98. The molecular formula is C10H14N2. The summed E-state index contributed by atoms with van der Waals surface area (Å²) in [4.78, 5) is 0. The van der Waals surface area contributed by atoms with Gasteiger partial charge < -0.3 is 11.1 Å². The molecule has 1 unspecified atom stereocenters. The first kappa shape index (κ1) is 7.62. The molecule has 0 aromatic heterocycles. The Balaban J connectivity index is 2.52. The van der Waals surface area contributed by atoms with E-state index in [0.717, 1.165) is 13.0 Å². The van der Waals surface area contributed by atoms with E-state index < -0.39 is 0 Å². The number of hydrogen-bond acceptors (Lipinski definition) is 2. The molecule has 2 nitrogen and oxygen atoms in total. The second-order valence-electron chi connectivity index (χ2n) is 3.36. The maximum absolute atomic E-state index is 5.98. The van der Waals surface area contributed by atoms with E-state index in [2.05, 4.69) is 30.4 Å². The van der Waals surface area contributed by atoms with Crippen molar-refractivity contribution in [3.05, 3.63) is 29.3 Å². The van der Waals surface area contributed by atoms with E-state index in [1.54, 1.807) is 0 Å². The second-order valence-corrected chi connectivity index (χ2v) is 3.36. The van der Waals surface area contributed by atoms with Crippen molar-refractivity contribution in [1.29, 1.82) is 0 Å². The summed E-state index contributed by atoms with van der Waals surface area (Å²) >= 11 is 0. The van der Waals surface area contributed by atoms with Crippen LogP contribution in [0.4, 0.5) is 5.69 Å². The lowest BCUT2D eigenvalue weighted by Gasteiger charge is -2.25. The molecule has 1 aliphatic rings. The number of anilines is 1. The third-order valence-corrected chi connectivity index (χ3v) is 2.46. The molecule has 1 heterocycles. The molecule has 12 heavy (non-hydrogen) atoms. The zero-order valence-electron chi connectivity index (χ0n) is 7.30. The summed E-state index contributed by atoms with van der Waals surface area (Å²) in [6, 6.07) is 6.52. The molecule has 0 saturated heterocycles. The van der Waals surface area contributed by atoms with Crippen molar-refractivity contribution in [3.8, 4) is 0 Å². The highest BCUT2D eigenvalue weighted by atomic mass is 14.9. The Morgan fingerprint density at radius 2 is 2.33 bits per heavy atom. The van der Waals surface area contributed by atoms with Crippen LogP contribution in [0, 0.1) is 6.92 Å². The molecule has 1 aromatic carbocycles. The molecule has 0 radical (unpaired) electrons. The van der Waals surface area contributed by atoms with Crippen LogP contribution >= 0.6 is 0 Å². The zero-order chi connectivity index (χ0) is 8.55. The Labute approximate surface area is 72.8 Å². The average Bonchev–Trinajstić information content (AvgIpc) is 2.07. The fraction of sp³-hybridized carbons (Fsp3) is 0.400. The van der Waals surface area contributed by atoms with Crippen molar-refractivity contribution in [2.24, 2.45) is 5.73 Å². The highest BCUT2D eigenvalue weighted by molar-refractivity contribution is 5.59. The first-order valence-corrected chi connectivity index (χ1v) is 4.38. The third kappa shape index (κ3) is 1.08. The molecule has 0 amide bonds. The minimum atomic E-state index is 0.223. The fourth-order valence-electron chi connectivity index (χ4n) is 1.75. The lowest BCUT2D eigenvalue weighted by Crippen LogP contribution is -2.22. The summed E-state index contributed by atoms with van der Waals surface area (Å²) in [5, 5.41) is 3.38. The van der Waals surface area contributed by atoms with Gasteiger partial charge in [0.05, 0.1) is 0 Å². The van der Waals surface area contributed by atoms with Crippen molar-refractivity contribution in [2.75, 3.05) is 11.9 Å². The van der Waals surface area contributed by atoms with Crippen LogP contribution in [0.2, 0.25) is 0 Å². The highest BCUT2D eigenvalue weighted by Crippen LogP contribution is 2.30. The molecule has 0 saturated carbocycles. The monoisotopic (exact) mass is 162 g/mol. The van der Waals surface area contributed by atoms with Gasteiger partial charge in [0.2, 0.25) is 0 Å². The lowest BCUT2D eigenvalue weighted by molar-refractivity contribution is 0.654. The largest absolute Gasteiger partial charge is 0.384 e. The summed E-state index contributed by atoms with van der Waals surface area (Å²) in [6.45, 7) is 3.11. The number of rotatable bonds is 0. The van der Waals surface area contributed by atoms with Crippen molar-refractivity contribution >= 4 is 5.69 Å². The Kier molecular flexibility index (Phi) is 1.77. The first-order valence-electron chi connectivity index (χ1n) is 4.38. The summed E-state index contributed by atoms with van der Waals surface area (Å²) in [6.07, 6.45) is 1.04. The van der Waals surface area contributed by atoms with Gasteiger partial charge in [-0.2, -0.15) is 0 Å². The van der Waals surface area contributed by atoms with Crippen LogP contribution in [-0.2, 0) is 0 Å². The van der Waals surface area contributed by atoms with Crippen LogP contribution < -0.4 is 11.1 Å². The van der Waals surface area contributed by atoms with E-state index >= 15 is 0 Å². The Morgan fingerprint density at radius 1 is 1.50 bits per heavy atom. The van der Waals surface area contributed by atoms with E-state index in [1.165, 1.54) is 16.8 Å². The van der Waals surface area contributed by atoms with Crippen molar-refractivity contribution in [2.45, 2.75) is 19.4 Å². The fourth-order valence-corrected chi connectivity index (χ4v) is 1.75. The molecule has 0 bridgehead atoms. The molecule has 2 rings (SSSR count). The molecule has 1 atom stereocenters. The number of fused-ring (bicyclic) bond motifs is 1. The number of aryl methyl sites for hydroxylation is 1. The minimum absolute atomic E-state index is 0.223. The highest BCUT2D eigenvalue weighted by Gasteiger charge is 2.16. The van der Waals surface area contributed by atoms with Crippen LogP contribution in [0.25, 0.3) is 0 Å². The van der Waals surface area contributed by atoms with E-state index in [-0.39, 0.29) is 6.04 Å². The minimum Gasteiger partial charge on any atom is -0.384 e. The summed E-state index contributed by atoms with van der Waals surface area (Å²) in [5.41, 5.74) is 9.78. The number of para-hydroxylation sites is 1. The van der Waals surface area contributed by atoms with Crippen LogP contribution in [-0.4, -0.2) is 6.54 Å². The SMILES string of the molecule is Cc1cccc2c1NCCC2N. The lowest BCUT2D eigenvalue weighted by atomic mass is 9.96. The molecule has 0 spiro atoms. The van der Waals surface area contributed by atoms with Gasteiger partial charge in [0.15, 0.2) is 0 Å². The molecule has 1 aliphatic heterocycles. The van der Waals surface area contributed by atoms with E-state index in [0.29, 0.717) is 0 Å². The summed E-state index contributed by atoms with van der Waals surface area (Å²) in [5.74, 6) is 0. The predicted molar refractivity (Wildman–Crippen MR) is 51.2 cm³/mol. The van der Waals surface area contributed by atoms with E-state index in [1.807, 2.05) is 0 Å². The van der Waals surface area contributed by atoms with Crippen LogP contribution in [0.1, 0.15) is 23.6 Å². The summed E-state index contributed by atoms with van der Waals surface area (Å²) in [7, 11) is 0. The first-order chi connectivity index (χ1) is 5.79. The van der Waals surface area contributed by atoms with Crippen molar-refractivity contribution in [1.82, 2.24) is 0 Å². The van der Waals surface area contributed by atoms with Crippen LogP contribution in [0.3, 0.4) is 0 Å². The quantitative estimate of drug-likeness (QED) is 0.610. The Bertz CT molecular complexity index is 294. The standard InChI is InChI=1S/C10H14N2/c1-7-3-2-4-8-9(11)5-6-12-10(7)8/h2-4,9,12H,5-6,11H2,1H3. The van der Waals surface area contributed by atoms with Crippen LogP contribution in [0.15, 0.2) is 18.2 Å². The van der Waals surface area contributed by atoms with Crippen molar-refractivity contribution < 1.29 is 0 Å². The number of hydrogen-bond donors (Lipinski definition) is 2. The van der Waals surface area contributed by atoms with Gasteiger partial charge in [-0.15, -0.1) is 0 Å². The molecule has 0 fully saturated rings. The molecule has 64 valence electrons. The Morgan fingerprint density at radius 3 is 3.08 bits per heavy atom. The second kappa shape index (κ2) is 2.79. The normalized spacial score (nSPS) is 21.3. The number of nitrogens with one attached hydrogen (secondary N) is 1. The molecule has 0 aliphatic carbocycles. The molecule has 1 aromatic rings. The smallest absolute Gasteiger partial charge is 0.0418 e. The van der Waals surface area contributed by atoms with Gasteiger partial charge in [0.25, 0.3) is 0 Å². The van der Waals surface area contributed by atoms with Gasteiger partial charge in [-0.05, 0) is 24.5 Å². The van der Waals surface area contributed by atoms with Crippen LogP contribution in [0.5, 0.6) is 0 Å². The maximum Gasteiger partial charge on any atom is 0.0418 e. The molecule has 3 N–H and O–H groups in total. The Hall–Kier alpha value is -1.02. The average molecular weight is 162 g/mol. The van der Waals surface area contributed by atoms with Crippen molar-refractivity contribution in [3.63, 3.8) is 0 Å².